The average molecular weight is 403 g/mol. The van der Waals surface area contributed by atoms with E-state index in [0.717, 1.165) is 0 Å². The van der Waals surface area contributed by atoms with Gasteiger partial charge in [-0.05, 0) is 0 Å². The zero-order valence-electron chi connectivity index (χ0n) is 16.0. The zero-order valence-corrected chi connectivity index (χ0v) is 16.0. The lowest BCUT2D eigenvalue weighted by Crippen LogP contribution is -2.48. The number of nitrogens with one attached hydrogen (secondary N) is 1. The summed E-state index contributed by atoms with van der Waals surface area (Å²) in [7, 11) is 0. The van der Waals surface area contributed by atoms with Crippen LogP contribution < -0.4 is 20.7 Å². The normalized spacial score (nSPS) is 21.4. The summed E-state index contributed by atoms with van der Waals surface area (Å²) < 4.78 is 26.4. The molecule has 10 nitrogen and oxygen atoms in total. The van der Waals surface area contributed by atoms with Gasteiger partial charge in [-0.3, -0.25) is 4.79 Å². The van der Waals surface area contributed by atoms with Crippen LogP contribution in [-0.4, -0.2) is 64.3 Å². The SMILES string of the molecule is CC(=O)N[C@H]1C[C@H](Oc2nc(N3CCOCC3)nc(-c3cnc(N)nc3)c2F)C1. The molecule has 29 heavy (non-hydrogen) atoms. The van der Waals surface area contributed by atoms with E-state index in [4.69, 9.17) is 15.2 Å². The lowest BCUT2D eigenvalue weighted by Gasteiger charge is -2.35. The monoisotopic (exact) mass is 403 g/mol. The molecule has 0 atom stereocenters. The molecule has 0 aromatic carbocycles. The van der Waals surface area contributed by atoms with Crippen molar-refractivity contribution in [2.24, 2.45) is 0 Å². The third kappa shape index (κ3) is 4.34. The second kappa shape index (κ2) is 8.11. The Morgan fingerprint density at radius 3 is 2.62 bits per heavy atom. The summed E-state index contributed by atoms with van der Waals surface area (Å²) in [5.74, 6) is -0.458. The van der Waals surface area contributed by atoms with Gasteiger partial charge >= 0.3 is 0 Å². The van der Waals surface area contributed by atoms with Crippen molar-refractivity contribution < 1.29 is 18.7 Å². The van der Waals surface area contributed by atoms with Gasteiger partial charge in [0.25, 0.3) is 5.88 Å². The number of carbonyl (C=O) groups excluding carboxylic acids is 1. The van der Waals surface area contributed by atoms with Crippen LogP contribution >= 0.6 is 0 Å². The van der Waals surface area contributed by atoms with Crippen LogP contribution in [0.1, 0.15) is 19.8 Å². The van der Waals surface area contributed by atoms with E-state index in [1.54, 1.807) is 0 Å². The number of halogens is 1. The van der Waals surface area contributed by atoms with E-state index < -0.39 is 5.82 Å². The van der Waals surface area contributed by atoms with Crippen molar-refractivity contribution in [2.75, 3.05) is 36.9 Å². The molecule has 1 aliphatic heterocycles. The van der Waals surface area contributed by atoms with Gasteiger partial charge in [0.15, 0.2) is 0 Å². The molecule has 1 amide bonds. The number of rotatable bonds is 5. The van der Waals surface area contributed by atoms with Crippen LogP contribution in [0.4, 0.5) is 16.3 Å². The highest BCUT2D eigenvalue weighted by molar-refractivity contribution is 5.73. The molecular weight excluding hydrogens is 381 g/mol. The minimum absolute atomic E-state index is 0.0334. The largest absolute Gasteiger partial charge is 0.472 e. The lowest BCUT2D eigenvalue weighted by molar-refractivity contribution is -0.120. The van der Waals surface area contributed by atoms with Gasteiger partial charge in [-0.2, -0.15) is 9.37 Å². The number of morpholine rings is 1. The molecule has 2 aromatic heterocycles. The Bertz CT molecular complexity index is 884. The molecular formula is C18H22FN7O3. The summed E-state index contributed by atoms with van der Waals surface area (Å²) in [5, 5.41) is 2.82. The van der Waals surface area contributed by atoms with Gasteiger partial charge in [-0.1, -0.05) is 0 Å². The fourth-order valence-corrected chi connectivity index (χ4v) is 3.27. The Labute approximate surface area is 166 Å². The summed E-state index contributed by atoms with van der Waals surface area (Å²) in [6, 6.07) is 0.0334. The van der Waals surface area contributed by atoms with Gasteiger partial charge in [-0.15, -0.1) is 0 Å². The second-order valence-corrected chi connectivity index (χ2v) is 7.03. The van der Waals surface area contributed by atoms with Crippen molar-refractivity contribution in [2.45, 2.75) is 31.9 Å². The first-order valence-electron chi connectivity index (χ1n) is 9.41. The number of nitrogens with two attached hydrogens (primary N) is 1. The number of aromatic nitrogens is 4. The predicted molar refractivity (Wildman–Crippen MR) is 102 cm³/mol. The number of nitrogens with zero attached hydrogens (tertiary/aromatic N) is 5. The standard InChI is InChI=1S/C18H22FN7O3/c1-10(27)23-12-6-13(7-12)29-16-14(19)15(11-8-21-17(20)22-9-11)24-18(25-16)26-2-4-28-5-3-26/h8-9,12-13H,2-7H2,1H3,(H,23,27)(H2,20,21,22)/t12-,13-. The second-order valence-electron chi connectivity index (χ2n) is 7.03. The number of anilines is 2. The Kier molecular flexibility index (Phi) is 5.38. The van der Waals surface area contributed by atoms with E-state index >= 15 is 4.39 Å². The minimum atomic E-state index is -0.682. The molecule has 11 heteroatoms. The van der Waals surface area contributed by atoms with E-state index in [1.807, 2.05) is 4.90 Å². The number of hydrogen-bond acceptors (Lipinski definition) is 9. The first-order valence-corrected chi connectivity index (χ1v) is 9.41. The fourth-order valence-electron chi connectivity index (χ4n) is 3.27. The number of nitrogen functional groups attached to an aromatic ring is 1. The maximum Gasteiger partial charge on any atom is 0.256 e. The number of carbonyl (C=O) groups is 1. The smallest absolute Gasteiger partial charge is 0.256 e. The van der Waals surface area contributed by atoms with Gasteiger partial charge in [0, 0.05) is 56.9 Å². The zero-order chi connectivity index (χ0) is 20.4. The number of hydrogen-bond donors (Lipinski definition) is 2. The van der Waals surface area contributed by atoms with Crippen LogP contribution in [0.3, 0.4) is 0 Å². The van der Waals surface area contributed by atoms with Crippen molar-refractivity contribution in [1.29, 1.82) is 0 Å². The molecule has 0 radical (unpaired) electrons. The molecule has 2 aromatic rings. The van der Waals surface area contributed by atoms with Crippen molar-refractivity contribution in [3.63, 3.8) is 0 Å². The van der Waals surface area contributed by atoms with E-state index in [9.17, 15) is 4.79 Å². The Balaban J connectivity index is 1.61. The predicted octanol–water partition coefficient (Wildman–Crippen LogP) is 0.537. The highest BCUT2D eigenvalue weighted by Gasteiger charge is 2.33. The maximum atomic E-state index is 15.2. The topological polar surface area (TPSA) is 128 Å². The Morgan fingerprint density at radius 2 is 1.97 bits per heavy atom. The van der Waals surface area contributed by atoms with Gasteiger partial charge in [0.05, 0.1) is 13.2 Å². The molecule has 0 unspecified atom stereocenters. The molecule has 1 saturated carbocycles. The van der Waals surface area contributed by atoms with Crippen LogP contribution in [0.25, 0.3) is 11.3 Å². The van der Waals surface area contributed by atoms with Crippen molar-refractivity contribution in [3.05, 3.63) is 18.2 Å². The quantitative estimate of drug-likeness (QED) is 0.735. The van der Waals surface area contributed by atoms with E-state index in [0.29, 0.717) is 50.7 Å². The number of ether oxygens (including phenoxy) is 2. The van der Waals surface area contributed by atoms with Crippen LogP contribution in [-0.2, 0) is 9.53 Å². The summed E-state index contributed by atoms with van der Waals surface area (Å²) in [4.78, 5) is 29.6. The van der Waals surface area contributed by atoms with Crippen LogP contribution in [0.5, 0.6) is 5.88 Å². The van der Waals surface area contributed by atoms with Gasteiger partial charge in [-0.25, -0.2) is 15.0 Å². The van der Waals surface area contributed by atoms with E-state index in [2.05, 4.69) is 25.3 Å². The van der Waals surface area contributed by atoms with Crippen molar-refractivity contribution >= 4 is 17.8 Å². The summed E-state index contributed by atoms with van der Waals surface area (Å²) >= 11 is 0. The van der Waals surface area contributed by atoms with Crippen LogP contribution in [0.15, 0.2) is 12.4 Å². The van der Waals surface area contributed by atoms with Crippen LogP contribution in [0, 0.1) is 5.82 Å². The molecule has 2 fully saturated rings. The molecule has 3 N–H and O–H groups in total. The lowest BCUT2D eigenvalue weighted by atomic mass is 9.89. The summed E-state index contributed by atoms with van der Waals surface area (Å²) in [6.07, 6.45) is 3.78. The molecule has 0 bridgehead atoms. The number of amides is 1. The molecule has 0 spiro atoms. The fraction of sp³-hybridized carbons (Fsp3) is 0.500. The Morgan fingerprint density at radius 1 is 1.28 bits per heavy atom. The highest BCUT2D eigenvalue weighted by atomic mass is 19.1. The molecule has 3 heterocycles. The first-order chi connectivity index (χ1) is 14.0. The maximum absolute atomic E-state index is 15.2. The third-order valence-electron chi connectivity index (χ3n) is 4.83. The molecule has 2 aliphatic rings. The Hall–Kier alpha value is -3.08. The van der Waals surface area contributed by atoms with Gasteiger partial charge < -0.3 is 25.4 Å². The highest BCUT2D eigenvalue weighted by Crippen LogP contribution is 2.32. The minimum Gasteiger partial charge on any atom is -0.472 e. The van der Waals surface area contributed by atoms with Gasteiger partial charge in [0.2, 0.25) is 23.6 Å². The summed E-state index contributed by atoms with van der Waals surface area (Å²) in [5.41, 5.74) is 5.96. The van der Waals surface area contributed by atoms with Gasteiger partial charge in [0.1, 0.15) is 11.8 Å². The van der Waals surface area contributed by atoms with E-state index in [1.165, 1.54) is 19.3 Å². The van der Waals surface area contributed by atoms with E-state index in [-0.39, 0.29) is 35.6 Å². The molecule has 4 rings (SSSR count). The molecule has 1 saturated heterocycles. The van der Waals surface area contributed by atoms with Crippen LogP contribution in [0.2, 0.25) is 0 Å². The van der Waals surface area contributed by atoms with Crippen molar-refractivity contribution in [1.82, 2.24) is 25.3 Å². The first kappa shape index (κ1) is 19.2. The third-order valence-corrected chi connectivity index (χ3v) is 4.83. The average Bonchev–Trinajstić information content (AvgIpc) is 2.69. The summed E-state index contributed by atoms with van der Waals surface area (Å²) in [6.45, 7) is 3.73. The molecule has 1 aliphatic carbocycles. The molecule has 154 valence electrons. The van der Waals surface area contributed by atoms with Crippen molar-refractivity contribution in [3.8, 4) is 17.1 Å².